The van der Waals surface area contributed by atoms with Gasteiger partial charge in [-0.25, -0.2) is 4.98 Å². The van der Waals surface area contributed by atoms with Crippen LogP contribution in [0, 0.1) is 20.8 Å². The molecule has 0 radical (unpaired) electrons. The van der Waals surface area contributed by atoms with Gasteiger partial charge in [-0.1, -0.05) is 30.3 Å². The zero-order valence-electron chi connectivity index (χ0n) is 15.6. The Morgan fingerprint density at radius 2 is 1.56 bits per heavy atom. The minimum Gasteiger partial charge on any atom is -0.338 e. The van der Waals surface area contributed by atoms with Crippen molar-refractivity contribution in [2.24, 2.45) is 0 Å². The molecule has 2 aromatic heterocycles. The number of anilines is 4. The van der Waals surface area contributed by atoms with E-state index < -0.39 is 0 Å². The van der Waals surface area contributed by atoms with Gasteiger partial charge in [-0.05, 0) is 50.1 Å². The molecular formula is C22H21N5. The van der Waals surface area contributed by atoms with Crippen LogP contribution in [0.2, 0.25) is 0 Å². The van der Waals surface area contributed by atoms with E-state index in [0.717, 1.165) is 33.8 Å². The Morgan fingerprint density at radius 1 is 0.778 bits per heavy atom. The summed E-state index contributed by atoms with van der Waals surface area (Å²) in [6.07, 6.45) is 1.80. The smallest absolute Gasteiger partial charge is 0.229 e. The number of aromatic nitrogens is 3. The third kappa shape index (κ3) is 3.58. The molecule has 0 aliphatic rings. The van der Waals surface area contributed by atoms with Gasteiger partial charge in [0.05, 0.1) is 11.2 Å². The maximum atomic E-state index is 4.64. The number of nitrogens with zero attached hydrogens (tertiary/aromatic N) is 3. The highest BCUT2D eigenvalue weighted by atomic mass is 15.1. The number of rotatable bonds is 4. The van der Waals surface area contributed by atoms with Crippen LogP contribution in [0.25, 0.3) is 10.9 Å². The van der Waals surface area contributed by atoms with E-state index in [1.807, 2.05) is 55.5 Å². The Kier molecular flexibility index (Phi) is 4.42. The molecule has 4 aromatic rings. The van der Waals surface area contributed by atoms with Gasteiger partial charge in [-0.15, -0.1) is 0 Å². The van der Waals surface area contributed by atoms with Crippen molar-refractivity contribution in [1.29, 1.82) is 0 Å². The zero-order valence-corrected chi connectivity index (χ0v) is 15.6. The van der Waals surface area contributed by atoms with E-state index in [-0.39, 0.29) is 0 Å². The second-order valence-corrected chi connectivity index (χ2v) is 6.60. The molecule has 2 heterocycles. The first-order valence-corrected chi connectivity index (χ1v) is 8.90. The molecule has 2 N–H and O–H groups in total. The largest absolute Gasteiger partial charge is 0.338 e. The van der Waals surface area contributed by atoms with Crippen molar-refractivity contribution in [2.75, 3.05) is 10.6 Å². The van der Waals surface area contributed by atoms with Crippen molar-refractivity contribution in [3.8, 4) is 0 Å². The number of benzene rings is 2. The van der Waals surface area contributed by atoms with Crippen LogP contribution in [0.3, 0.4) is 0 Å². The Morgan fingerprint density at radius 3 is 2.44 bits per heavy atom. The van der Waals surface area contributed by atoms with Crippen molar-refractivity contribution in [1.82, 2.24) is 15.0 Å². The molecule has 0 saturated heterocycles. The van der Waals surface area contributed by atoms with Gasteiger partial charge in [0.15, 0.2) is 0 Å². The minimum atomic E-state index is 0.569. The fraction of sp³-hybridized carbons (Fsp3) is 0.136. The van der Waals surface area contributed by atoms with Crippen LogP contribution in [0.15, 0.2) is 60.8 Å². The fourth-order valence-corrected chi connectivity index (χ4v) is 3.04. The monoisotopic (exact) mass is 355 g/mol. The lowest BCUT2D eigenvalue weighted by atomic mass is 10.1. The molecular weight excluding hydrogens is 334 g/mol. The number of fused-ring (bicyclic) bond motifs is 1. The summed E-state index contributed by atoms with van der Waals surface area (Å²) in [5.41, 5.74) is 6.15. The molecule has 5 heteroatoms. The molecule has 0 amide bonds. The number of pyridine rings is 1. The second kappa shape index (κ2) is 7.03. The third-order valence-electron chi connectivity index (χ3n) is 4.60. The molecule has 0 saturated carbocycles. The lowest BCUT2D eigenvalue weighted by molar-refractivity contribution is 1.10. The van der Waals surface area contributed by atoms with E-state index in [1.165, 1.54) is 11.1 Å². The SMILES string of the molecule is Cc1cc(Nc2cccc3cccnc23)nc(Nc2cccc(C)c2C)n1. The summed E-state index contributed by atoms with van der Waals surface area (Å²) >= 11 is 0. The van der Waals surface area contributed by atoms with Gasteiger partial charge in [0.25, 0.3) is 0 Å². The van der Waals surface area contributed by atoms with E-state index >= 15 is 0 Å². The van der Waals surface area contributed by atoms with Crippen LogP contribution < -0.4 is 10.6 Å². The molecule has 0 aliphatic carbocycles. The summed E-state index contributed by atoms with van der Waals surface area (Å²) in [5.74, 6) is 1.30. The number of hydrogen-bond acceptors (Lipinski definition) is 5. The van der Waals surface area contributed by atoms with Crippen LogP contribution in [-0.2, 0) is 0 Å². The Bertz CT molecular complexity index is 1120. The van der Waals surface area contributed by atoms with Crippen molar-refractivity contribution < 1.29 is 0 Å². The van der Waals surface area contributed by atoms with E-state index in [1.54, 1.807) is 6.20 Å². The van der Waals surface area contributed by atoms with Crippen molar-refractivity contribution in [3.63, 3.8) is 0 Å². The van der Waals surface area contributed by atoms with Gasteiger partial charge >= 0.3 is 0 Å². The molecule has 2 aromatic carbocycles. The summed E-state index contributed by atoms with van der Waals surface area (Å²) in [7, 11) is 0. The molecule has 5 nitrogen and oxygen atoms in total. The Hall–Kier alpha value is -3.47. The summed E-state index contributed by atoms with van der Waals surface area (Å²) in [6, 6.07) is 18.1. The standard InChI is InChI=1S/C22H21N5/c1-14-7-4-10-18(16(14)3)26-22-24-15(2)13-20(27-22)25-19-11-5-8-17-9-6-12-23-21(17)19/h4-13H,1-3H3,(H2,24,25,26,27). The first-order valence-electron chi connectivity index (χ1n) is 8.90. The first kappa shape index (κ1) is 17.0. The fourth-order valence-electron chi connectivity index (χ4n) is 3.04. The van der Waals surface area contributed by atoms with Gasteiger partial charge in [0.2, 0.25) is 5.95 Å². The maximum absolute atomic E-state index is 4.64. The summed E-state index contributed by atoms with van der Waals surface area (Å²) in [4.78, 5) is 13.7. The average Bonchev–Trinajstić information content (AvgIpc) is 2.65. The normalized spacial score (nSPS) is 10.8. The molecule has 0 bridgehead atoms. The predicted molar refractivity (Wildman–Crippen MR) is 111 cm³/mol. The van der Waals surface area contributed by atoms with Crippen molar-refractivity contribution >= 4 is 34.0 Å². The highest BCUT2D eigenvalue weighted by molar-refractivity contribution is 5.91. The summed E-state index contributed by atoms with van der Waals surface area (Å²) in [6.45, 7) is 6.15. The molecule has 0 atom stereocenters. The van der Waals surface area contributed by atoms with Gasteiger partial charge < -0.3 is 10.6 Å². The molecule has 4 rings (SSSR count). The second-order valence-electron chi connectivity index (χ2n) is 6.60. The van der Waals surface area contributed by atoms with E-state index in [9.17, 15) is 0 Å². The molecule has 0 unspecified atom stereocenters. The van der Waals surface area contributed by atoms with Gasteiger partial charge in [0, 0.05) is 29.0 Å². The number of nitrogens with one attached hydrogen (secondary N) is 2. The van der Waals surface area contributed by atoms with E-state index in [2.05, 4.69) is 45.5 Å². The highest BCUT2D eigenvalue weighted by Gasteiger charge is 2.08. The van der Waals surface area contributed by atoms with Crippen LogP contribution in [0.5, 0.6) is 0 Å². The van der Waals surface area contributed by atoms with Crippen LogP contribution >= 0.6 is 0 Å². The van der Waals surface area contributed by atoms with Crippen molar-refractivity contribution in [3.05, 3.63) is 77.6 Å². The number of hydrogen-bond donors (Lipinski definition) is 2. The van der Waals surface area contributed by atoms with E-state index in [4.69, 9.17) is 0 Å². The number of aryl methyl sites for hydroxylation is 2. The average molecular weight is 355 g/mol. The van der Waals surface area contributed by atoms with Gasteiger partial charge in [-0.2, -0.15) is 4.98 Å². The molecule has 0 spiro atoms. The Labute approximate surface area is 158 Å². The van der Waals surface area contributed by atoms with Crippen LogP contribution in [0.1, 0.15) is 16.8 Å². The highest BCUT2D eigenvalue weighted by Crippen LogP contribution is 2.26. The summed E-state index contributed by atoms with van der Waals surface area (Å²) in [5, 5.41) is 7.81. The quantitative estimate of drug-likeness (QED) is 0.510. The number of para-hydroxylation sites is 1. The zero-order chi connectivity index (χ0) is 18.8. The van der Waals surface area contributed by atoms with Gasteiger partial charge in [-0.3, -0.25) is 4.98 Å². The topological polar surface area (TPSA) is 62.7 Å². The predicted octanol–water partition coefficient (Wildman–Crippen LogP) is 5.44. The van der Waals surface area contributed by atoms with Crippen molar-refractivity contribution in [2.45, 2.75) is 20.8 Å². The lowest BCUT2D eigenvalue weighted by Gasteiger charge is -2.13. The van der Waals surface area contributed by atoms with Crippen LogP contribution in [0.4, 0.5) is 23.1 Å². The van der Waals surface area contributed by atoms with Gasteiger partial charge in [0.1, 0.15) is 5.82 Å². The molecule has 0 aliphatic heterocycles. The summed E-state index contributed by atoms with van der Waals surface area (Å²) < 4.78 is 0. The van der Waals surface area contributed by atoms with Crippen LogP contribution in [-0.4, -0.2) is 15.0 Å². The maximum Gasteiger partial charge on any atom is 0.229 e. The molecule has 27 heavy (non-hydrogen) atoms. The van der Waals surface area contributed by atoms with E-state index in [0.29, 0.717) is 5.95 Å². The minimum absolute atomic E-state index is 0.569. The molecule has 0 fully saturated rings. The Balaban J connectivity index is 1.67. The first-order chi connectivity index (χ1) is 13.1. The third-order valence-corrected chi connectivity index (χ3v) is 4.60. The molecule has 134 valence electrons. The lowest BCUT2D eigenvalue weighted by Crippen LogP contribution is -2.04.